The van der Waals surface area contributed by atoms with E-state index >= 15 is 0 Å². The van der Waals surface area contributed by atoms with Crippen LogP contribution in [0.25, 0.3) is 0 Å². The van der Waals surface area contributed by atoms with Gasteiger partial charge in [-0.15, -0.1) is 0 Å². The van der Waals surface area contributed by atoms with Crippen molar-refractivity contribution in [1.82, 2.24) is 5.32 Å². The third-order valence-electron chi connectivity index (χ3n) is 3.52. The predicted molar refractivity (Wildman–Crippen MR) is 88.9 cm³/mol. The first-order valence-corrected chi connectivity index (χ1v) is 7.65. The van der Waals surface area contributed by atoms with Crippen LogP contribution in [0, 0.1) is 13.8 Å². The third kappa shape index (κ3) is 4.62. The minimum absolute atomic E-state index is 0.0791. The SMILES string of the molecule is CC[C@@H](Oc1cccc(C)c1)C(=O)NCc1ccc(C)cc1. The molecule has 0 aliphatic heterocycles. The number of carbonyl (C=O) groups excluding carboxylic acids is 1. The summed E-state index contributed by atoms with van der Waals surface area (Å²) >= 11 is 0. The Bertz CT molecular complexity index is 620. The molecule has 0 spiro atoms. The molecule has 0 fully saturated rings. The largest absolute Gasteiger partial charge is 0.481 e. The Morgan fingerprint density at radius 2 is 1.82 bits per heavy atom. The maximum Gasteiger partial charge on any atom is 0.261 e. The van der Waals surface area contributed by atoms with Gasteiger partial charge in [0.25, 0.3) is 5.91 Å². The predicted octanol–water partition coefficient (Wildman–Crippen LogP) is 3.78. The van der Waals surface area contributed by atoms with Gasteiger partial charge in [-0.2, -0.15) is 0 Å². The number of hydrogen-bond donors (Lipinski definition) is 1. The molecular formula is C19H23NO2. The van der Waals surface area contributed by atoms with E-state index in [1.165, 1.54) is 5.56 Å². The Morgan fingerprint density at radius 1 is 1.09 bits per heavy atom. The molecule has 0 aliphatic rings. The highest BCUT2D eigenvalue weighted by atomic mass is 16.5. The zero-order chi connectivity index (χ0) is 15.9. The second kappa shape index (κ2) is 7.64. The molecule has 0 saturated carbocycles. The molecule has 0 aromatic heterocycles. The van der Waals surface area contributed by atoms with Crippen molar-refractivity contribution >= 4 is 5.91 Å². The Hall–Kier alpha value is -2.29. The summed E-state index contributed by atoms with van der Waals surface area (Å²) in [5.74, 6) is 0.655. The van der Waals surface area contributed by atoms with Gasteiger partial charge in [-0.25, -0.2) is 0 Å². The Morgan fingerprint density at radius 3 is 2.45 bits per heavy atom. The van der Waals surface area contributed by atoms with E-state index in [0.29, 0.717) is 13.0 Å². The minimum Gasteiger partial charge on any atom is -0.481 e. The zero-order valence-electron chi connectivity index (χ0n) is 13.4. The molecule has 2 aromatic rings. The number of ether oxygens (including phenoxy) is 1. The van der Waals surface area contributed by atoms with Crippen molar-refractivity contribution in [3.63, 3.8) is 0 Å². The molecule has 0 unspecified atom stereocenters. The molecule has 22 heavy (non-hydrogen) atoms. The maximum absolute atomic E-state index is 12.3. The molecule has 2 rings (SSSR count). The molecule has 2 aromatic carbocycles. The lowest BCUT2D eigenvalue weighted by Crippen LogP contribution is -2.37. The molecule has 1 N–H and O–H groups in total. The van der Waals surface area contributed by atoms with Gasteiger partial charge in [-0.1, -0.05) is 48.9 Å². The van der Waals surface area contributed by atoms with E-state index in [4.69, 9.17) is 4.74 Å². The fourth-order valence-electron chi connectivity index (χ4n) is 2.18. The summed E-state index contributed by atoms with van der Waals surface area (Å²) in [5, 5.41) is 2.94. The van der Waals surface area contributed by atoms with Crippen molar-refractivity contribution in [2.45, 2.75) is 39.8 Å². The number of benzene rings is 2. The Balaban J connectivity index is 1.92. The van der Waals surface area contributed by atoms with Gasteiger partial charge in [0.1, 0.15) is 5.75 Å². The third-order valence-corrected chi connectivity index (χ3v) is 3.52. The molecule has 3 nitrogen and oxygen atoms in total. The molecule has 0 aliphatic carbocycles. The summed E-state index contributed by atoms with van der Waals surface area (Å²) < 4.78 is 5.80. The standard InChI is InChI=1S/C19H23NO2/c1-4-18(22-17-7-5-6-15(3)12-17)19(21)20-13-16-10-8-14(2)9-11-16/h5-12,18H,4,13H2,1-3H3,(H,20,21)/t18-/m1/s1. The molecular weight excluding hydrogens is 274 g/mol. The van der Waals surface area contributed by atoms with Crippen molar-refractivity contribution < 1.29 is 9.53 Å². The van der Waals surface area contributed by atoms with Gasteiger partial charge < -0.3 is 10.1 Å². The van der Waals surface area contributed by atoms with Crippen LogP contribution in [0.1, 0.15) is 30.0 Å². The summed E-state index contributed by atoms with van der Waals surface area (Å²) in [6, 6.07) is 15.9. The highest BCUT2D eigenvalue weighted by Gasteiger charge is 2.17. The topological polar surface area (TPSA) is 38.3 Å². The van der Waals surface area contributed by atoms with Gasteiger partial charge in [0.2, 0.25) is 0 Å². The van der Waals surface area contributed by atoms with Crippen LogP contribution < -0.4 is 10.1 Å². The van der Waals surface area contributed by atoms with E-state index < -0.39 is 6.10 Å². The summed E-state index contributed by atoms with van der Waals surface area (Å²) in [6.45, 7) is 6.52. The first-order valence-electron chi connectivity index (χ1n) is 7.65. The minimum atomic E-state index is -0.466. The molecule has 1 amide bonds. The average Bonchev–Trinajstić information content (AvgIpc) is 2.52. The lowest BCUT2D eigenvalue weighted by Gasteiger charge is -2.17. The Kier molecular flexibility index (Phi) is 5.59. The number of nitrogens with one attached hydrogen (secondary N) is 1. The van der Waals surface area contributed by atoms with Crippen LogP contribution in [-0.2, 0) is 11.3 Å². The monoisotopic (exact) mass is 297 g/mol. The summed E-state index contributed by atoms with van der Waals surface area (Å²) in [4.78, 5) is 12.3. The first-order chi connectivity index (χ1) is 10.6. The number of amides is 1. The maximum atomic E-state index is 12.3. The number of carbonyl (C=O) groups is 1. The smallest absolute Gasteiger partial charge is 0.261 e. The summed E-state index contributed by atoms with van der Waals surface area (Å²) in [6.07, 6.45) is 0.167. The van der Waals surface area contributed by atoms with Crippen LogP contribution in [-0.4, -0.2) is 12.0 Å². The molecule has 0 radical (unpaired) electrons. The van der Waals surface area contributed by atoms with E-state index in [1.807, 2.05) is 69.3 Å². The number of rotatable bonds is 6. The van der Waals surface area contributed by atoms with Crippen molar-refractivity contribution in [3.8, 4) is 5.75 Å². The molecule has 116 valence electrons. The van der Waals surface area contributed by atoms with Gasteiger partial charge >= 0.3 is 0 Å². The van der Waals surface area contributed by atoms with Gasteiger partial charge in [-0.3, -0.25) is 4.79 Å². The molecule has 3 heteroatoms. The fourth-order valence-corrected chi connectivity index (χ4v) is 2.18. The number of aryl methyl sites for hydroxylation is 2. The van der Waals surface area contributed by atoms with Gasteiger partial charge in [-0.05, 0) is 43.5 Å². The Labute approximate surface area is 132 Å². The van der Waals surface area contributed by atoms with Crippen LogP contribution in [0.5, 0.6) is 5.75 Å². The van der Waals surface area contributed by atoms with Crippen molar-refractivity contribution in [1.29, 1.82) is 0 Å². The molecule has 0 saturated heterocycles. The van der Waals surface area contributed by atoms with Crippen molar-refractivity contribution in [2.75, 3.05) is 0 Å². The highest BCUT2D eigenvalue weighted by Crippen LogP contribution is 2.15. The summed E-state index contributed by atoms with van der Waals surface area (Å²) in [5.41, 5.74) is 3.42. The van der Waals surface area contributed by atoms with E-state index in [9.17, 15) is 4.79 Å². The van der Waals surface area contributed by atoms with Gasteiger partial charge in [0.15, 0.2) is 6.10 Å². The number of hydrogen-bond acceptors (Lipinski definition) is 2. The van der Waals surface area contributed by atoms with Gasteiger partial charge in [0.05, 0.1) is 0 Å². The molecule has 1 atom stereocenters. The lowest BCUT2D eigenvalue weighted by atomic mass is 10.1. The zero-order valence-corrected chi connectivity index (χ0v) is 13.4. The van der Waals surface area contributed by atoms with E-state index in [-0.39, 0.29) is 5.91 Å². The fraction of sp³-hybridized carbons (Fsp3) is 0.316. The quantitative estimate of drug-likeness (QED) is 0.881. The molecule has 0 heterocycles. The summed E-state index contributed by atoms with van der Waals surface area (Å²) in [7, 11) is 0. The van der Waals surface area contributed by atoms with Crippen LogP contribution in [0.4, 0.5) is 0 Å². The first kappa shape index (κ1) is 16.1. The van der Waals surface area contributed by atoms with Crippen LogP contribution in [0.15, 0.2) is 48.5 Å². The molecule has 0 bridgehead atoms. The highest BCUT2D eigenvalue weighted by molar-refractivity contribution is 5.81. The van der Waals surface area contributed by atoms with Gasteiger partial charge in [0, 0.05) is 6.54 Å². The van der Waals surface area contributed by atoms with Crippen LogP contribution >= 0.6 is 0 Å². The van der Waals surface area contributed by atoms with E-state index in [1.54, 1.807) is 0 Å². The van der Waals surface area contributed by atoms with Crippen molar-refractivity contribution in [3.05, 3.63) is 65.2 Å². The second-order valence-electron chi connectivity index (χ2n) is 5.53. The van der Waals surface area contributed by atoms with E-state index in [0.717, 1.165) is 16.9 Å². The van der Waals surface area contributed by atoms with Crippen LogP contribution in [0.2, 0.25) is 0 Å². The average molecular weight is 297 g/mol. The van der Waals surface area contributed by atoms with Crippen LogP contribution in [0.3, 0.4) is 0 Å². The normalized spacial score (nSPS) is 11.8. The van der Waals surface area contributed by atoms with E-state index in [2.05, 4.69) is 5.32 Å². The lowest BCUT2D eigenvalue weighted by molar-refractivity contribution is -0.128. The van der Waals surface area contributed by atoms with Crippen molar-refractivity contribution in [2.24, 2.45) is 0 Å². The second-order valence-corrected chi connectivity index (χ2v) is 5.53.